The van der Waals surface area contributed by atoms with E-state index in [1.807, 2.05) is 20.8 Å². The first kappa shape index (κ1) is 16.6. The van der Waals surface area contributed by atoms with Crippen molar-refractivity contribution in [3.8, 4) is 0 Å². The molecule has 19 heavy (non-hydrogen) atoms. The van der Waals surface area contributed by atoms with E-state index in [9.17, 15) is 0 Å². The van der Waals surface area contributed by atoms with Gasteiger partial charge in [0.25, 0.3) is 0 Å². The zero-order valence-corrected chi connectivity index (χ0v) is 10.7. The lowest BCUT2D eigenvalue weighted by Gasteiger charge is -1.67. The fourth-order valence-corrected chi connectivity index (χ4v) is 0.917. The van der Waals surface area contributed by atoms with Crippen LogP contribution >= 0.6 is 0 Å². The molecule has 0 saturated heterocycles. The van der Waals surface area contributed by atoms with Crippen molar-refractivity contribution < 1.29 is 0 Å². The molecule has 0 aliphatic carbocycles. The summed E-state index contributed by atoms with van der Waals surface area (Å²) in [4.78, 5) is 17.1. The molecule has 3 N–H and O–H groups in total. The summed E-state index contributed by atoms with van der Waals surface area (Å²) in [6, 6.07) is 0. The van der Waals surface area contributed by atoms with Gasteiger partial charge in [0.15, 0.2) is 0 Å². The van der Waals surface area contributed by atoms with Crippen molar-refractivity contribution in [3.63, 3.8) is 0 Å². The van der Waals surface area contributed by atoms with Crippen LogP contribution in [-0.4, -0.2) is 35.1 Å². The Balaban J connectivity index is 0.000000249. The summed E-state index contributed by atoms with van der Waals surface area (Å²) in [7, 11) is 0. The van der Waals surface area contributed by atoms with E-state index in [-0.39, 0.29) is 7.43 Å². The van der Waals surface area contributed by atoms with Crippen molar-refractivity contribution in [1.82, 2.24) is 35.1 Å². The van der Waals surface area contributed by atoms with Gasteiger partial charge in [-0.1, -0.05) is 7.43 Å². The molecule has 0 fully saturated rings. The summed E-state index contributed by atoms with van der Waals surface area (Å²) in [6.07, 6.45) is 8.36. The summed E-state index contributed by atoms with van der Waals surface area (Å²) >= 11 is 0. The largest absolute Gasteiger partial charge is 0.349 e. The third-order valence-corrected chi connectivity index (χ3v) is 1.81. The van der Waals surface area contributed by atoms with Gasteiger partial charge in [-0.2, -0.15) is 5.10 Å². The molecule has 3 aromatic heterocycles. The number of hydrogen-bond donors (Lipinski definition) is 3. The van der Waals surface area contributed by atoms with Crippen LogP contribution in [0.1, 0.15) is 24.6 Å². The molecule has 0 atom stereocenters. The fourth-order valence-electron chi connectivity index (χ4n) is 0.917. The van der Waals surface area contributed by atoms with Gasteiger partial charge in [-0.25, -0.2) is 15.0 Å². The Morgan fingerprint density at radius 2 is 1.42 bits per heavy atom. The molecule has 0 amide bonds. The molecule has 0 aliphatic rings. The highest BCUT2D eigenvalue weighted by Gasteiger charge is 1.75. The number of H-pyrrole nitrogens is 3. The normalized spacial score (nSPS) is 8.37. The van der Waals surface area contributed by atoms with Crippen LogP contribution in [0.3, 0.4) is 0 Å². The van der Waals surface area contributed by atoms with Crippen molar-refractivity contribution in [2.24, 2.45) is 0 Å². The lowest BCUT2D eigenvalue weighted by molar-refractivity contribution is 1.04. The quantitative estimate of drug-likeness (QED) is 0.579. The number of nitrogens with one attached hydrogen (secondary N) is 3. The van der Waals surface area contributed by atoms with Gasteiger partial charge in [0, 0.05) is 23.8 Å². The molecule has 7 nitrogen and oxygen atoms in total. The molecular weight excluding hydrogens is 242 g/mol. The van der Waals surface area contributed by atoms with Crippen LogP contribution in [0.25, 0.3) is 0 Å². The Labute approximate surface area is 112 Å². The van der Waals surface area contributed by atoms with Gasteiger partial charge < -0.3 is 9.97 Å². The van der Waals surface area contributed by atoms with Crippen LogP contribution < -0.4 is 0 Å². The lowest BCUT2D eigenvalue weighted by Crippen LogP contribution is -1.68. The average Bonchev–Trinajstić information content (AvgIpc) is 3.05. The Bertz CT molecular complexity index is 406. The van der Waals surface area contributed by atoms with E-state index in [0.29, 0.717) is 0 Å². The zero-order valence-electron chi connectivity index (χ0n) is 10.7. The first-order chi connectivity index (χ1) is 8.68. The molecular formula is C12H21N7. The smallest absolute Gasteiger partial charge is 0.137 e. The van der Waals surface area contributed by atoms with Crippen LogP contribution in [0.2, 0.25) is 0 Å². The maximum atomic E-state index is 3.77. The van der Waals surface area contributed by atoms with Crippen LogP contribution in [0, 0.1) is 20.8 Å². The van der Waals surface area contributed by atoms with Gasteiger partial charge in [0.05, 0.1) is 12.7 Å². The molecule has 7 heteroatoms. The second-order valence-corrected chi connectivity index (χ2v) is 3.54. The maximum absolute atomic E-state index is 3.77. The summed E-state index contributed by atoms with van der Waals surface area (Å²) in [5, 5.41) is 6.22. The Morgan fingerprint density at radius 3 is 1.53 bits per heavy atom. The van der Waals surface area contributed by atoms with E-state index in [1.165, 1.54) is 6.33 Å². The number of rotatable bonds is 0. The first-order valence-electron chi connectivity index (χ1n) is 5.40. The predicted octanol–water partition coefficient (Wildman–Crippen LogP) is 2.19. The van der Waals surface area contributed by atoms with Crippen molar-refractivity contribution in [2.45, 2.75) is 28.2 Å². The van der Waals surface area contributed by atoms with Crippen LogP contribution in [-0.2, 0) is 0 Å². The van der Waals surface area contributed by atoms with E-state index < -0.39 is 0 Å². The van der Waals surface area contributed by atoms with Gasteiger partial charge in [-0.05, 0) is 20.8 Å². The molecule has 0 radical (unpaired) electrons. The molecule has 0 bridgehead atoms. The van der Waals surface area contributed by atoms with Gasteiger partial charge in [-0.15, -0.1) is 0 Å². The van der Waals surface area contributed by atoms with Crippen LogP contribution in [0.4, 0.5) is 0 Å². The second-order valence-electron chi connectivity index (χ2n) is 3.54. The molecule has 3 heterocycles. The first-order valence-corrected chi connectivity index (χ1v) is 5.40. The molecule has 0 unspecified atom stereocenters. The highest BCUT2D eigenvalue weighted by Crippen LogP contribution is 1.81. The minimum atomic E-state index is 0. The predicted molar refractivity (Wildman–Crippen MR) is 74.5 cm³/mol. The Kier molecular flexibility index (Phi) is 8.35. The maximum Gasteiger partial charge on any atom is 0.137 e. The highest BCUT2D eigenvalue weighted by molar-refractivity contribution is 4.88. The standard InChI is InChI=1S/2C4H6N2.C3H5N3.CH4/c2*1-4-2-5-3-6-4;1-3-4-2-5-6-3;/h2*2-3H,1H3,(H,5,6);2H,1H3,(H,4,5,6);1H4. The number of aromatic amines is 3. The third kappa shape index (κ3) is 8.31. The summed E-state index contributed by atoms with van der Waals surface area (Å²) < 4.78 is 0. The van der Waals surface area contributed by atoms with E-state index in [0.717, 1.165) is 17.2 Å². The van der Waals surface area contributed by atoms with Crippen molar-refractivity contribution >= 4 is 0 Å². The summed E-state index contributed by atoms with van der Waals surface area (Å²) in [5.74, 6) is 0.856. The molecule has 0 spiro atoms. The summed E-state index contributed by atoms with van der Waals surface area (Å²) in [5.41, 5.74) is 2.21. The Hall–Kier alpha value is -2.44. The van der Waals surface area contributed by atoms with E-state index in [2.05, 4.69) is 35.1 Å². The Morgan fingerprint density at radius 1 is 0.895 bits per heavy atom. The molecule has 104 valence electrons. The summed E-state index contributed by atoms with van der Waals surface area (Å²) in [6.45, 7) is 5.78. The number of hydrogen-bond acceptors (Lipinski definition) is 4. The van der Waals surface area contributed by atoms with Crippen molar-refractivity contribution in [1.29, 1.82) is 0 Å². The van der Waals surface area contributed by atoms with Crippen LogP contribution in [0.15, 0.2) is 31.4 Å². The van der Waals surface area contributed by atoms with Gasteiger partial charge in [0.2, 0.25) is 0 Å². The molecule has 0 saturated carbocycles. The van der Waals surface area contributed by atoms with Crippen molar-refractivity contribution in [3.05, 3.63) is 48.6 Å². The number of aromatic nitrogens is 7. The highest BCUT2D eigenvalue weighted by atomic mass is 15.2. The van der Waals surface area contributed by atoms with Crippen molar-refractivity contribution in [2.75, 3.05) is 0 Å². The number of nitrogens with zero attached hydrogens (tertiary/aromatic N) is 4. The fraction of sp³-hybridized carbons (Fsp3) is 0.333. The third-order valence-electron chi connectivity index (χ3n) is 1.81. The second kappa shape index (κ2) is 9.58. The monoisotopic (exact) mass is 263 g/mol. The van der Waals surface area contributed by atoms with Gasteiger partial charge in [-0.3, -0.25) is 5.10 Å². The number of aryl methyl sites for hydroxylation is 3. The van der Waals surface area contributed by atoms with Gasteiger partial charge >= 0.3 is 0 Å². The van der Waals surface area contributed by atoms with E-state index in [4.69, 9.17) is 0 Å². The molecule has 3 rings (SSSR count). The van der Waals surface area contributed by atoms with E-state index in [1.54, 1.807) is 25.0 Å². The van der Waals surface area contributed by atoms with Crippen LogP contribution in [0.5, 0.6) is 0 Å². The minimum absolute atomic E-state index is 0. The lowest BCUT2D eigenvalue weighted by atomic mass is 10.6. The topological polar surface area (TPSA) is 98.9 Å². The van der Waals surface area contributed by atoms with E-state index >= 15 is 0 Å². The molecule has 0 aromatic carbocycles. The molecule has 3 aromatic rings. The average molecular weight is 263 g/mol. The minimum Gasteiger partial charge on any atom is -0.349 e. The van der Waals surface area contributed by atoms with Gasteiger partial charge in [0.1, 0.15) is 12.2 Å². The SMILES string of the molecule is C.Cc1cnc[nH]1.Cc1cnc[nH]1.Cc1ncn[nH]1. The zero-order chi connectivity index (χ0) is 13.2. The molecule has 0 aliphatic heterocycles. The number of imidazole rings is 2.